The quantitative estimate of drug-likeness (QED) is 0.885. The first-order valence-corrected chi connectivity index (χ1v) is 8.79. The number of aromatic nitrogens is 2. The summed E-state index contributed by atoms with van der Waals surface area (Å²) in [6, 6.07) is 9.36. The molecule has 1 amide bonds. The molecule has 1 aliphatic rings. The number of sulfone groups is 1. The van der Waals surface area contributed by atoms with Crippen LogP contribution in [0.3, 0.4) is 0 Å². The third-order valence-corrected chi connectivity index (χ3v) is 4.85. The number of allylic oxidation sites excluding steroid dienone is 1. The molecule has 0 fully saturated rings. The molecule has 1 aromatic heterocycles. The molecule has 7 nitrogen and oxygen atoms in total. The Morgan fingerprint density at radius 2 is 2.09 bits per heavy atom. The zero-order valence-electron chi connectivity index (χ0n) is 12.2. The van der Waals surface area contributed by atoms with Crippen LogP contribution in [0.2, 0.25) is 0 Å². The number of benzene rings is 1. The van der Waals surface area contributed by atoms with Gasteiger partial charge in [0.25, 0.3) is 0 Å². The monoisotopic (exact) mass is 333 g/mol. The summed E-state index contributed by atoms with van der Waals surface area (Å²) in [4.78, 5) is 16.0. The van der Waals surface area contributed by atoms with Gasteiger partial charge < -0.3 is 9.84 Å². The molecule has 2 heterocycles. The Morgan fingerprint density at radius 3 is 2.78 bits per heavy atom. The minimum atomic E-state index is -3.14. The molecule has 0 bridgehead atoms. The Kier molecular flexibility index (Phi) is 4.24. The Balaban J connectivity index is 1.52. The predicted octanol–water partition coefficient (Wildman–Crippen LogP) is 1.30. The molecule has 23 heavy (non-hydrogen) atoms. The van der Waals surface area contributed by atoms with Crippen LogP contribution < -0.4 is 5.32 Å². The highest BCUT2D eigenvalue weighted by atomic mass is 32.2. The van der Waals surface area contributed by atoms with Gasteiger partial charge in [-0.25, -0.2) is 8.42 Å². The van der Waals surface area contributed by atoms with Crippen molar-refractivity contribution < 1.29 is 17.7 Å². The van der Waals surface area contributed by atoms with Crippen LogP contribution in [0.15, 0.2) is 46.3 Å². The minimum Gasteiger partial charge on any atom is -0.347 e. The van der Waals surface area contributed by atoms with Gasteiger partial charge in [0.05, 0.1) is 12.3 Å². The first-order chi connectivity index (χ1) is 11.0. The average Bonchev–Trinajstić information content (AvgIpc) is 3.13. The van der Waals surface area contributed by atoms with Crippen molar-refractivity contribution >= 4 is 15.7 Å². The van der Waals surface area contributed by atoms with Gasteiger partial charge in [-0.15, -0.1) is 0 Å². The molecule has 0 unspecified atom stereocenters. The van der Waals surface area contributed by atoms with Crippen LogP contribution >= 0.6 is 0 Å². The van der Waals surface area contributed by atoms with Gasteiger partial charge >= 0.3 is 0 Å². The maximum atomic E-state index is 11.8. The number of nitrogens with zero attached hydrogens (tertiary/aromatic N) is 2. The second-order valence-electron chi connectivity index (χ2n) is 5.28. The van der Waals surface area contributed by atoms with E-state index in [0.717, 1.165) is 11.0 Å². The van der Waals surface area contributed by atoms with Gasteiger partial charge in [0, 0.05) is 23.3 Å². The first-order valence-electron chi connectivity index (χ1n) is 7.07. The number of nitrogens with one attached hydrogen (secondary N) is 1. The molecule has 3 rings (SSSR count). The first kappa shape index (κ1) is 15.4. The maximum Gasteiger partial charge on any atom is 0.246 e. The van der Waals surface area contributed by atoms with E-state index in [4.69, 9.17) is 4.52 Å². The number of carbonyl (C=O) groups excluding carboxylic acids is 1. The lowest BCUT2D eigenvalue weighted by Gasteiger charge is -2.06. The third-order valence-electron chi connectivity index (χ3n) is 3.39. The lowest BCUT2D eigenvalue weighted by molar-refractivity contribution is -0.121. The van der Waals surface area contributed by atoms with Crippen LogP contribution in [0.25, 0.3) is 11.4 Å². The van der Waals surface area contributed by atoms with Crippen molar-refractivity contribution in [2.75, 3.05) is 5.75 Å². The van der Waals surface area contributed by atoms with Crippen LogP contribution in [0.4, 0.5) is 0 Å². The summed E-state index contributed by atoms with van der Waals surface area (Å²) in [7, 11) is -3.14. The van der Waals surface area contributed by atoms with Gasteiger partial charge in [-0.3, -0.25) is 4.79 Å². The van der Waals surface area contributed by atoms with Crippen molar-refractivity contribution in [3.05, 3.63) is 47.7 Å². The summed E-state index contributed by atoms with van der Waals surface area (Å²) in [6.45, 7) is 0.113. The van der Waals surface area contributed by atoms with E-state index in [2.05, 4.69) is 15.5 Å². The van der Waals surface area contributed by atoms with Crippen molar-refractivity contribution in [3.8, 4) is 11.4 Å². The fourth-order valence-corrected chi connectivity index (χ4v) is 3.68. The van der Waals surface area contributed by atoms with Gasteiger partial charge in [-0.05, 0) is 0 Å². The van der Waals surface area contributed by atoms with E-state index in [1.54, 1.807) is 6.08 Å². The molecular formula is C15H15N3O4S. The SMILES string of the molecule is O=C(C[C@@H]1C=CS(=O)(=O)C1)NCc1nc(-c2ccccc2)no1. The van der Waals surface area contributed by atoms with E-state index < -0.39 is 9.84 Å². The van der Waals surface area contributed by atoms with E-state index in [-0.39, 0.29) is 30.5 Å². The lowest BCUT2D eigenvalue weighted by atomic mass is 10.1. The fourth-order valence-electron chi connectivity index (χ4n) is 2.28. The molecule has 0 spiro atoms. The molecule has 1 atom stereocenters. The van der Waals surface area contributed by atoms with Crippen molar-refractivity contribution in [2.45, 2.75) is 13.0 Å². The molecule has 120 valence electrons. The zero-order valence-corrected chi connectivity index (χ0v) is 13.0. The summed E-state index contributed by atoms with van der Waals surface area (Å²) in [5.41, 5.74) is 0.829. The molecule has 0 aliphatic carbocycles. The summed E-state index contributed by atoms with van der Waals surface area (Å²) in [5.74, 6) is 0.212. The van der Waals surface area contributed by atoms with Crippen LogP contribution in [0.1, 0.15) is 12.3 Å². The van der Waals surface area contributed by atoms with Crippen molar-refractivity contribution in [3.63, 3.8) is 0 Å². The van der Waals surface area contributed by atoms with Crippen LogP contribution in [0, 0.1) is 5.92 Å². The van der Waals surface area contributed by atoms with Gasteiger partial charge in [0.2, 0.25) is 17.6 Å². The number of rotatable bonds is 5. The molecule has 0 radical (unpaired) electrons. The Morgan fingerprint density at radius 1 is 1.30 bits per heavy atom. The maximum absolute atomic E-state index is 11.8. The minimum absolute atomic E-state index is 0.0147. The fraction of sp³-hybridized carbons (Fsp3) is 0.267. The smallest absolute Gasteiger partial charge is 0.246 e. The molecule has 1 N–H and O–H groups in total. The van der Waals surface area contributed by atoms with Gasteiger partial charge in [-0.1, -0.05) is 41.6 Å². The van der Waals surface area contributed by atoms with Crippen molar-refractivity contribution in [1.29, 1.82) is 0 Å². The normalized spacial score (nSPS) is 18.9. The average molecular weight is 333 g/mol. The molecule has 0 saturated heterocycles. The van der Waals surface area contributed by atoms with E-state index in [1.807, 2.05) is 30.3 Å². The van der Waals surface area contributed by atoms with E-state index in [9.17, 15) is 13.2 Å². The highest BCUT2D eigenvalue weighted by Gasteiger charge is 2.23. The number of hydrogen-bond donors (Lipinski definition) is 1. The van der Waals surface area contributed by atoms with E-state index in [1.165, 1.54) is 0 Å². The third kappa shape index (κ3) is 4.04. The van der Waals surface area contributed by atoms with Gasteiger partial charge in [0.1, 0.15) is 0 Å². The molecule has 0 saturated carbocycles. The Bertz CT molecular complexity index is 827. The van der Waals surface area contributed by atoms with Crippen LogP contribution in [-0.2, 0) is 21.2 Å². The highest BCUT2D eigenvalue weighted by Crippen LogP contribution is 2.18. The predicted molar refractivity (Wildman–Crippen MR) is 82.6 cm³/mol. The summed E-state index contributed by atoms with van der Waals surface area (Å²) >= 11 is 0. The zero-order chi connectivity index (χ0) is 16.3. The number of carbonyl (C=O) groups is 1. The molecule has 1 aromatic carbocycles. The largest absolute Gasteiger partial charge is 0.347 e. The number of hydrogen-bond acceptors (Lipinski definition) is 6. The van der Waals surface area contributed by atoms with Gasteiger partial charge in [0.15, 0.2) is 9.84 Å². The Labute approximate surface area is 133 Å². The van der Waals surface area contributed by atoms with Crippen LogP contribution in [-0.4, -0.2) is 30.2 Å². The second-order valence-corrected chi connectivity index (χ2v) is 7.21. The van der Waals surface area contributed by atoms with Crippen molar-refractivity contribution in [2.24, 2.45) is 5.92 Å². The standard InChI is InChI=1S/C15H15N3O4S/c19-13(8-11-6-7-23(20,21)10-11)16-9-14-17-15(18-22-14)12-4-2-1-3-5-12/h1-7,11H,8-10H2,(H,16,19)/t11-/m0/s1. The van der Waals surface area contributed by atoms with Crippen molar-refractivity contribution in [1.82, 2.24) is 15.5 Å². The van der Waals surface area contributed by atoms with Crippen LogP contribution in [0.5, 0.6) is 0 Å². The van der Waals surface area contributed by atoms with E-state index >= 15 is 0 Å². The number of amides is 1. The van der Waals surface area contributed by atoms with E-state index in [0.29, 0.717) is 11.7 Å². The molecule has 2 aromatic rings. The summed E-state index contributed by atoms with van der Waals surface area (Å²) < 4.78 is 27.7. The molecule has 1 aliphatic heterocycles. The summed E-state index contributed by atoms with van der Waals surface area (Å²) in [6.07, 6.45) is 1.67. The Hall–Kier alpha value is -2.48. The molecule has 8 heteroatoms. The highest BCUT2D eigenvalue weighted by molar-refractivity contribution is 7.94. The summed E-state index contributed by atoms with van der Waals surface area (Å²) in [5, 5.41) is 7.67. The lowest BCUT2D eigenvalue weighted by Crippen LogP contribution is -2.25. The molecular weight excluding hydrogens is 318 g/mol. The second kappa shape index (κ2) is 6.33. The topological polar surface area (TPSA) is 102 Å². The van der Waals surface area contributed by atoms with Gasteiger partial charge in [-0.2, -0.15) is 4.98 Å².